The van der Waals surface area contributed by atoms with Gasteiger partial charge in [-0.3, -0.25) is 0 Å². The number of hydrogen-bond donors (Lipinski definition) is 0. The van der Waals surface area contributed by atoms with Crippen LogP contribution in [0.2, 0.25) is 0 Å². The Morgan fingerprint density at radius 1 is 0.464 bits per heavy atom. The molecular weight excluding hydrogens is 338 g/mol. The Bertz CT molecular complexity index is 686. The van der Waals surface area contributed by atoms with E-state index in [4.69, 9.17) is 0 Å². The van der Waals surface area contributed by atoms with Gasteiger partial charge in [0, 0.05) is 17.1 Å². The van der Waals surface area contributed by atoms with E-state index in [0.717, 1.165) is 0 Å². The molecule has 0 aliphatic rings. The molecule has 1 heteroatoms. The number of rotatable bonds is 6. The van der Waals surface area contributed by atoms with Gasteiger partial charge in [-0.15, -0.1) is 0 Å². The Morgan fingerprint density at radius 2 is 0.714 bits per heavy atom. The second-order valence-electron chi connectivity index (χ2n) is 7.55. The van der Waals surface area contributed by atoms with E-state index < -0.39 is 0 Å². The van der Waals surface area contributed by atoms with E-state index in [-0.39, 0.29) is 0 Å². The van der Waals surface area contributed by atoms with Crippen LogP contribution < -0.4 is 4.90 Å². The third-order valence-corrected chi connectivity index (χ3v) is 4.83. The van der Waals surface area contributed by atoms with Gasteiger partial charge < -0.3 is 4.90 Å². The highest BCUT2D eigenvalue weighted by atomic mass is 15.1. The zero-order valence-corrected chi connectivity index (χ0v) is 18.2. The third-order valence-electron chi connectivity index (χ3n) is 4.83. The summed E-state index contributed by atoms with van der Waals surface area (Å²) in [5.41, 5.74) is 7.36. The van der Waals surface area contributed by atoms with Crippen molar-refractivity contribution < 1.29 is 0 Å². The Labute approximate surface area is 172 Å². The highest BCUT2D eigenvalue weighted by Crippen LogP contribution is 2.34. The van der Waals surface area contributed by atoms with Crippen LogP contribution in [0.1, 0.15) is 56.2 Å². The molecule has 0 heterocycles. The zero-order valence-electron chi connectivity index (χ0n) is 18.2. The lowest BCUT2D eigenvalue weighted by Crippen LogP contribution is -2.09. The average molecular weight is 374 g/mol. The first-order valence-corrected chi connectivity index (χ1v) is 10.5. The monoisotopic (exact) mass is 373 g/mol. The normalized spacial score (nSPS) is 10.2. The molecule has 0 amide bonds. The Balaban J connectivity index is 0.000000409. The first kappa shape index (κ1) is 21.8. The molecule has 28 heavy (non-hydrogen) atoms. The number of nitrogens with zero attached hydrogens (tertiary/aromatic N) is 1. The smallest absolute Gasteiger partial charge is 0.0461 e. The summed E-state index contributed by atoms with van der Waals surface area (Å²) < 4.78 is 0. The maximum Gasteiger partial charge on any atom is 0.0461 e. The highest BCUT2D eigenvalue weighted by Gasteiger charge is 2.11. The lowest BCUT2D eigenvalue weighted by atomic mass is 10.1. The SMILES string of the molecule is CCCCCC.Cc1ccc(N(c2ccc(C)cc2)c2ccc(C)cc2)cc1. The molecule has 0 saturated heterocycles. The van der Waals surface area contributed by atoms with Crippen molar-refractivity contribution in [2.75, 3.05) is 4.90 Å². The molecule has 0 aliphatic carbocycles. The van der Waals surface area contributed by atoms with Crippen molar-refractivity contribution >= 4 is 17.1 Å². The fourth-order valence-electron chi connectivity index (χ4n) is 3.03. The molecule has 3 aromatic carbocycles. The van der Waals surface area contributed by atoms with Gasteiger partial charge in [0.05, 0.1) is 0 Å². The summed E-state index contributed by atoms with van der Waals surface area (Å²) in [6.07, 6.45) is 5.54. The Morgan fingerprint density at radius 3 is 0.929 bits per heavy atom. The van der Waals surface area contributed by atoms with Crippen molar-refractivity contribution in [2.24, 2.45) is 0 Å². The van der Waals surface area contributed by atoms with Crippen molar-refractivity contribution in [3.05, 3.63) is 89.5 Å². The number of hydrogen-bond acceptors (Lipinski definition) is 1. The molecule has 0 fully saturated rings. The van der Waals surface area contributed by atoms with Gasteiger partial charge in [0.15, 0.2) is 0 Å². The maximum atomic E-state index is 2.29. The van der Waals surface area contributed by atoms with Gasteiger partial charge in [0.25, 0.3) is 0 Å². The van der Waals surface area contributed by atoms with Crippen LogP contribution in [0, 0.1) is 20.8 Å². The zero-order chi connectivity index (χ0) is 20.4. The predicted molar refractivity (Wildman–Crippen MR) is 125 cm³/mol. The molecule has 0 N–H and O–H groups in total. The third kappa shape index (κ3) is 6.56. The molecule has 3 aromatic rings. The molecule has 0 unspecified atom stereocenters. The second kappa shape index (κ2) is 11.3. The number of benzene rings is 3. The molecule has 0 atom stereocenters. The van der Waals surface area contributed by atoms with Crippen molar-refractivity contribution in [3.8, 4) is 0 Å². The van der Waals surface area contributed by atoms with Gasteiger partial charge in [0.2, 0.25) is 0 Å². The van der Waals surface area contributed by atoms with Crippen LogP contribution in [0.15, 0.2) is 72.8 Å². The predicted octanol–water partition coefficient (Wildman–Crippen LogP) is 8.67. The molecule has 0 radical (unpaired) electrons. The standard InChI is InChI=1S/C21H21N.C6H14/c1-16-4-10-19(11-5-16)22(20-12-6-17(2)7-13-20)21-14-8-18(3)9-15-21;1-3-5-6-4-2/h4-15H,1-3H3;3-6H2,1-2H3. The van der Waals surface area contributed by atoms with Gasteiger partial charge in [-0.25, -0.2) is 0 Å². The molecule has 0 aromatic heterocycles. The van der Waals surface area contributed by atoms with Crippen LogP contribution in [0.25, 0.3) is 0 Å². The molecule has 148 valence electrons. The Kier molecular flexibility index (Phi) is 8.81. The number of anilines is 3. The first-order valence-electron chi connectivity index (χ1n) is 10.5. The van der Waals surface area contributed by atoms with Crippen LogP contribution >= 0.6 is 0 Å². The van der Waals surface area contributed by atoms with Crippen LogP contribution in [0.3, 0.4) is 0 Å². The fraction of sp³-hybridized carbons (Fsp3) is 0.333. The van der Waals surface area contributed by atoms with E-state index in [9.17, 15) is 0 Å². The van der Waals surface area contributed by atoms with Gasteiger partial charge >= 0.3 is 0 Å². The summed E-state index contributed by atoms with van der Waals surface area (Å²) in [6.45, 7) is 10.8. The van der Waals surface area contributed by atoms with Crippen LogP contribution in [0.4, 0.5) is 17.1 Å². The Hall–Kier alpha value is -2.54. The van der Waals surface area contributed by atoms with E-state index in [1.807, 2.05) is 0 Å². The lowest BCUT2D eigenvalue weighted by Gasteiger charge is -2.25. The fourth-order valence-corrected chi connectivity index (χ4v) is 3.03. The number of unbranched alkanes of at least 4 members (excludes halogenated alkanes) is 3. The van der Waals surface area contributed by atoms with Crippen molar-refractivity contribution in [3.63, 3.8) is 0 Å². The minimum absolute atomic E-state index is 1.18. The second-order valence-corrected chi connectivity index (χ2v) is 7.55. The summed E-state index contributed by atoms with van der Waals surface area (Å²) in [7, 11) is 0. The van der Waals surface area contributed by atoms with Crippen LogP contribution in [-0.4, -0.2) is 0 Å². The van der Waals surface area contributed by atoms with E-state index >= 15 is 0 Å². The summed E-state index contributed by atoms with van der Waals surface area (Å²) in [6, 6.07) is 26.0. The highest BCUT2D eigenvalue weighted by molar-refractivity contribution is 5.76. The molecular formula is C27H35N. The quantitative estimate of drug-likeness (QED) is 0.391. The largest absolute Gasteiger partial charge is 0.311 e. The van der Waals surface area contributed by atoms with Gasteiger partial charge in [0.1, 0.15) is 0 Å². The van der Waals surface area contributed by atoms with Gasteiger partial charge in [-0.2, -0.15) is 0 Å². The topological polar surface area (TPSA) is 3.24 Å². The lowest BCUT2D eigenvalue weighted by molar-refractivity contribution is 0.702. The van der Waals surface area contributed by atoms with Gasteiger partial charge in [-0.05, 0) is 57.2 Å². The van der Waals surface area contributed by atoms with Crippen LogP contribution in [0.5, 0.6) is 0 Å². The number of aryl methyl sites for hydroxylation is 3. The van der Waals surface area contributed by atoms with E-state index in [2.05, 4.69) is 112 Å². The molecule has 0 spiro atoms. The minimum atomic E-state index is 1.18. The van der Waals surface area contributed by atoms with Crippen molar-refractivity contribution in [1.29, 1.82) is 0 Å². The van der Waals surface area contributed by atoms with E-state index in [0.29, 0.717) is 0 Å². The van der Waals surface area contributed by atoms with E-state index in [1.54, 1.807) is 0 Å². The maximum absolute atomic E-state index is 2.29. The van der Waals surface area contributed by atoms with Crippen molar-refractivity contribution in [2.45, 2.75) is 60.3 Å². The summed E-state index contributed by atoms with van der Waals surface area (Å²) >= 11 is 0. The first-order chi connectivity index (χ1) is 13.5. The molecule has 0 aliphatic heterocycles. The average Bonchev–Trinajstić information content (AvgIpc) is 2.71. The molecule has 1 nitrogen and oxygen atoms in total. The van der Waals surface area contributed by atoms with E-state index in [1.165, 1.54) is 59.4 Å². The molecule has 0 saturated carbocycles. The van der Waals surface area contributed by atoms with Crippen LogP contribution in [-0.2, 0) is 0 Å². The van der Waals surface area contributed by atoms with Crippen molar-refractivity contribution in [1.82, 2.24) is 0 Å². The summed E-state index contributed by atoms with van der Waals surface area (Å²) in [5.74, 6) is 0. The van der Waals surface area contributed by atoms with Gasteiger partial charge in [-0.1, -0.05) is 92.6 Å². The summed E-state index contributed by atoms with van der Waals surface area (Å²) in [4.78, 5) is 2.29. The summed E-state index contributed by atoms with van der Waals surface area (Å²) in [5, 5.41) is 0. The minimum Gasteiger partial charge on any atom is -0.311 e. The molecule has 3 rings (SSSR count). The molecule has 0 bridgehead atoms.